The van der Waals surface area contributed by atoms with Crippen molar-refractivity contribution in [3.63, 3.8) is 0 Å². The van der Waals surface area contributed by atoms with Crippen LogP contribution in [0.3, 0.4) is 0 Å². The number of rotatable bonds is 4. The Morgan fingerprint density at radius 3 is 2.45 bits per heavy atom. The molecule has 0 saturated heterocycles. The van der Waals surface area contributed by atoms with E-state index in [0.29, 0.717) is 16.9 Å². The lowest BCUT2D eigenvalue weighted by Gasteiger charge is -2.18. The van der Waals surface area contributed by atoms with E-state index < -0.39 is 17.6 Å². The molecule has 0 fully saturated rings. The second-order valence-electron chi connectivity index (χ2n) is 6.00. The van der Waals surface area contributed by atoms with Gasteiger partial charge >= 0.3 is 0 Å². The molecule has 10 heteroatoms. The Bertz CT molecular complexity index is 1100. The smallest absolute Gasteiger partial charge is 0.272 e. The molecule has 7 nitrogen and oxygen atoms in total. The molecule has 0 unspecified atom stereocenters. The summed E-state index contributed by atoms with van der Waals surface area (Å²) >= 11 is 11.6. The molecule has 148 valence electrons. The first-order chi connectivity index (χ1) is 13.8. The predicted molar refractivity (Wildman–Crippen MR) is 109 cm³/mol. The van der Waals surface area contributed by atoms with E-state index in [-0.39, 0.29) is 21.2 Å². The fourth-order valence-electron chi connectivity index (χ4n) is 2.49. The van der Waals surface area contributed by atoms with Gasteiger partial charge in [0.05, 0.1) is 33.7 Å². The number of amides is 2. The zero-order chi connectivity index (χ0) is 21.1. The number of nitrogens with zero attached hydrogens (tertiary/aromatic N) is 3. The average Bonchev–Trinajstić information content (AvgIpc) is 2.71. The second kappa shape index (κ2) is 8.52. The van der Waals surface area contributed by atoms with E-state index in [4.69, 9.17) is 29.0 Å². The van der Waals surface area contributed by atoms with Gasteiger partial charge in [-0.25, -0.2) is 25.2 Å². The Balaban J connectivity index is 1.87. The van der Waals surface area contributed by atoms with E-state index in [9.17, 15) is 14.0 Å². The van der Waals surface area contributed by atoms with Crippen LogP contribution in [0.4, 0.5) is 15.8 Å². The summed E-state index contributed by atoms with van der Waals surface area (Å²) in [6.45, 7) is 1.72. The highest BCUT2D eigenvalue weighted by atomic mass is 35.5. The van der Waals surface area contributed by atoms with Gasteiger partial charge in [-0.05, 0) is 36.8 Å². The second-order valence-corrected chi connectivity index (χ2v) is 6.82. The van der Waals surface area contributed by atoms with E-state index in [0.717, 1.165) is 17.1 Å². The summed E-state index contributed by atoms with van der Waals surface area (Å²) in [5, 5.41) is 3.28. The zero-order valence-corrected chi connectivity index (χ0v) is 16.5. The van der Waals surface area contributed by atoms with Gasteiger partial charge in [-0.3, -0.25) is 9.59 Å². The molecule has 0 aliphatic heterocycles. The SMILES string of the molecule is Cc1ccc(NC(=O)c2cc(F)c(Cl)cc2Cl)cc1C(=O)N(N)c1cncnc1. The lowest BCUT2D eigenvalue weighted by Crippen LogP contribution is -2.38. The predicted octanol–water partition coefficient (Wildman–Crippen LogP) is 4.00. The van der Waals surface area contributed by atoms with Crippen LogP contribution in [0.5, 0.6) is 0 Å². The number of aromatic nitrogens is 2. The molecule has 0 spiro atoms. The maximum Gasteiger partial charge on any atom is 0.272 e. The highest BCUT2D eigenvalue weighted by Gasteiger charge is 2.19. The minimum Gasteiger partial charge on any atom is -0.322 e. The monoisotopic (exact) mass is 433 g/mol. The van der Waals surface area contributed by atoms with Gasteiger partial charge in [-0.15, -0.1) is 0 Å². The quantitative estimate of drug-likeness (QED) is 0.280. The van der Waals surface area contributed by atoms with Gasteiger partial charge in [0.25, 0.3) is 11.8 Å². The largest absolute Gasteiger partial charge is 0.322 e. The summed E-state index contributed by atoms with van der Waals surface area (Å²) in [7, 11) is 0. The highest BCUT2D eigenvalue weighted by Crippen LogP contribution is 2.26. The van der Waals surface area contributed by atoms with E-state index in [1.54, 1.807) is 19.1 Å². The molecule has 1 aromatic heterocycles. The number of carbonyl (C=O) groups is 2. The fraction of sp³-hybridized carbons (Fsp3) is 0.0526. The highest BCUT2D eigenvalue weighted by molar-refractivity contribution is 6.37. The van der Waals surface area contributed by atoms with Crippen LogP contribution in [0.25, 0.3) is 0 Å². The first kappa shape index (κ1) is 20.7. The van der Waals surface area contributed by atoms with Gasteiger partial charge in [0, 0.05) is 11.3 Å². The van der Waals surface area contributed by atoms with Gasteiger partial charge in [0.2, 0.25) is 0 Å². The summed E-state index contributed by atoms with van der Waals surface area (Å²) in [5.74, 6) is 3.92. The Labute approximate surface area is 175 Å². The molecule has 0 saturated carbocycles. The number of hydrogen-bond acceptors (Lipinski definition) is 5. The van der Waals surface area contributed by atoms with Crippen molar-refractivity contribution < 1.29 is 14.0 Å². The van der Waals surface area contributed by atoms with Crippen LogP contribution in [-0.2, 0) is 0 Å². The normalized spacial score (nSPS) is 10.5. The third-order valence-electron chi connectivity index (χ3n) is 4.02. The van der Waals surface area contributed by atoms with Crippen molar-refractivity contribution in [1.29, 1.82) is 0 Å². The van der Waals surface area contributed by atoms with Crippen molar-refractivity contribution in [3.05, 3.63) is 81.6 Å². The standard InChI is InChI=1S/C19H14Cl2FN5O2/c1-10-2-3-11(26-18(28)14-5-17(22)16(21)6-15(14)20)4-13(10)19(29)27(23)12-7-24-9-25-8-12/h2-9H,23H2,1H3,(H,26,28). The fourth-order valence-corrected chi connectivity index (χ4v) is 2.96. The summed E-state index contributed by atoms with van der Waals surface area (Å²) in [5.41, 5.74) is 1.39. The molecular formula is C19H14Cl2FN5O2. The summed E-state index contributed by atoms with van der Waals surface area (Å²) in [4.78, 5) is 32.9. The van der Waals surface area contributed by atoms with Gasteiger partial charge in [0.15, 0.2) is 0 Å². The van der Waals surface area contributed by atoms with Gasteiger partial charge < -0.3 is 5.32 Å². The van der Waals surface area contributed by atoms with Crippen LogP contribution in [-0.4, -0.2) is 21.8 Å². The van der Waals surface area contributed by atoms with Crippen LogP contribution in [0.1, 0.15) is 26.3 Å². The summed E-state index contributed by atoms with van der Waals surface area (Å²) < 4.78 is 13.7. The molecule has 0 aliphatic carbocycles. The molecule has 2 amide bonds. The van der Waals surface area contributed by atoms with E-state index >= 15 is 0 Å². The molecule has 3 aromatic rings. The molecule has 2 aromatic carbocycles. The van der Waals surface area contributed by atoms with Crippen LogP contribution in [0.2, 0.25) is 10.0 Å². The third-order valence-corrected chi connectivity index (χ3v) is 4.63. The lowest BCUT2D eigenvalue weighted by atomic mass is 10.1. The van der Waals surface area contributed by atoms with E-state index in [2.05, 4.69) is 15.3 Å². The summed E-state index contributed by atoms with van der Waals surface area (Å²) in [6.07, 6.45) is 4.10. The third kappa shape index (κ3) is 4.51. The topological polar surface area (TPSA) is 101 Å². The number of benzene rings is 2. The maximum atomic E-state index is 13.7. The molecule has 3 rings (SSSR count). The first-order valence-electron chi connectivity index (χ1n) is 8.18. The number of nitrogens with two attached hydrogens (primary N) is 1. The first-order valence-corrected chi connectivity index (χ1v) is 8.94. The zero-order valence-electron chi connectivity index (χ0n) is 15.0. The average molecular weight is 434 g/mol. The lowest BCUT2D eigenvalue weighted by molar-refractivity contribution is 0.0983. The number of carbonyl (C=O) groups excluding carboxylic acids is 2. The van der Waals surface area contributed by atoms with Gasteiger partial charge in [-0.2, -0.15) is 0 Å². The van der Waals surface area contributed by atoms with Gasteiger partial charge in [0.1, 0.15) is 12.1 Å². The van der Waals surface area contributed by atoms with E-state index in [1.165, 1.54) is 24.8 Å². The number of hydrazine groups is 1. The molecule has 1 heterocycles. The van der Waals surface area contributed by atoms with Crippen LogP contribution in [0.15, 0.2) is 49.1 Å². The summed E-state index contributed by atoms with van der Waals surface area (Å²) in [6, 6.07) is 6.78. The Hall–Kier alpha value is -3.07. The number of aryl methyl sites for hydroxylation is 1. The molecule has 0 aliphatic rings. The minimum absolute atomic E-state index is 0.00507. The van der Waals surface area contributed by atoms with Crippen molar-refractivity contribution in [2.75, 3.05) is 10.3 Å². The number of halogens is 3. The van der Waals surface area contributed by atoms with Crippen molar-refractivity contribution in [2.45, 2.75) is 6.92 Å². The maximum absolute atomic E-state index is 13.7. The molecule has 3 N–H and O–H groups in total. The van der Waals surface area contributed by atoms with Crippen molar-refractivity contribution >= 4 is 46.4 Å². The van der Waals surface area contributed by atoms with E-state index in [1.807, 2.05) is 0 Å². The number of nitrogens with one attached hydrogen (secondary N) is 1. The molecule has 29 heavy (non-hydrogen) atoms. The van der Waals surface area contributed by atoms with Crippen LogP contribution in [0, 0.1) is 12.7 Å². The van der Waals surface area contributed by atoms with Crippen molar-refractivity contribution in [2.24, 2.45) is 5.84 Å². The van der Waals surface area contributed by atoms with Crippen molar-refractivity contribution in [1.82, 2.24) is 9.97 Å². The molecule has 0 bridgehead atoms. The molecule has 0 radical (unpaired) electrons. The van der Waals surface area contributed by atoms with Crippen LogP contribution < -0.4 is 16.2 Å². The Morgan fingerprint density at radius 1 is 1.07 bits per heavy atom. The molecular weight excluding hydrogens is 420 g/mol. The number of anilines is 2. The van der Waals surface area contributed by atoms with Crippen molar-refractivity contribution in [3.8, 4) is 0 Å². The Kier molecular flexibility index (Phi) is 6.07. The van der Waals surface area contributed by atoms with Crippen LogP contribution >= 0.6 is 23.2 Å². The molecule has 0 atom stereocenters. The minimum atomic E-state index is -0.773. The van der Waals surface area contributed by atoms with Gasteiger partial charge in [-0.1, -0.05) is 29.3 Å². The Morgan fingerprint density at radius 2 is 1.76 bits per heavy atom. The number of hydrogen-bond donors (Lipinski definition) is 2.